The topological polar surface area (TPSA) is 91.6 Å². The molecule has 3 N–H and O–H groups in total. The Bertz CT molecular complexity index is 583. The summed E-state index contributed by atoms with van der Waals surface area (Å²) < 4.78 is 0. The molecule has 1 aliphatic rings. The van der Waals surface area contributed by atoms with E-state index in [1.807, 2.05) is 13.8 Å². The first kappa shape index (κ1) is 17.5. The Morgan fingerprint density at radius 2 is 2.09 bits per heavy atom. The van der Waals surface area contributed by atoms with Crippen LogP contribution in [-0.2, 0) is 4.79 Å². The number of nitrogens with zero attached hydrogens (tertiary/aromatic N) is 3. The monoisotopic (exact) mass is 339 g/mol. The van der Waals surface area contributed by atoms with Gasteiger partial charge in [0.2, 0.25) is 0 Å². The normalized spacial score (nSPS) is 17.0. The summed E-state index contributed by atoms with van der Waals surface area (Å²) in [5.41, 5.74) is 6.01. The summed E-state index contributed by atoms with van der Waals surface area (Å²) in [5.74, 6) is 0.168. The molecule has 2 atom stereocenters. The van der Waals surface area contributed by atoms with Gasteiger partial charge in [0.1, 0.15) is 11.0 Å². The van der Waals surface area contributed by atoms with E-state index in [1.54, 1.807) is 18.2 Å². The van der Waals surface area contributed by atoms with E-state index in [1.165, 1.54) is 10.0 Å². The standard InChI is InChI=1S/C15H22ClN5O2/c1-3-10(2)13(17)14(22)20-8-5-9-21(20)15(23)19-12-7-4-6-11(16)18-12/h4,6-7,10,13H,3,5,8-9,17H2,1-2H3,(H,18,19,23). The largest absolute Gasteiger partial charge is 0.341 e. The molecule has 8 heteroatoms. The lowest BCUT2D eigenvalue weighted by Crippen LogP contribution is -2.53. The van der Waals surface area contributed by atoms with E-state index in [0.717, 1.165) is 12.8 Å². The number of hydrogen-bond donors (Lipinski definition) is 2. The number of halogens is 1. The molecule has 1 aromatic rings. The van der Waals surface area contributed by atoms with Crippen molar-refractivity contribution in [2.24, 2.45) is 11.7 Å². The predicted octanol–water partition coefficient (Wildman–Crippen LogP) is 2.09. The predicted molar refractivity (Wildman–Crippen MR) is 88.7 cm³/mol. The fourth-order valence-electron chi connectivity index (χ4n) is 2.37. The van der Waals surface area contributed by atoms with Crippen LogP contribution in [0.15, 0.2) is 18.2 Å². The minimum absolute atomic E-state index is 0.0580. The zero-order valence-electron chi connectivity index (χ0n) is 13.3. The second-order valence-corrected chi connectivity index (χ2v) is 6.01. The summed E-state index contributed by atoms with van der Waals surface area (Å²) >= 11 is 5.80. The molecule has 1 aromatic heterocycles. The summed E-state index contributed by atoms with van der Waals surface area (Å²) in [6.07, 6.45) is 1.52. The van der Waals surface area contributed by atoms with Gasteiger partial charge in [-0.2, -0.15) is 0 Å². The van der Waals surface area contributed by atoms with Gasteiger partial charge >= 0.3 is 6.03 Å². The third kappa shape index (κ3) is 4.11. The van der Waals surface area contributed by atoms with Crippen molar-refractivity contribution in [3.8, 4) is 0 Å². The van der Waals surface area contributed by atoms with E-state index in [2.05, 4.69) is 10.3 Å². The van der Waals surface area contributed by atoms with Gasteiger partial charge in [-0.15, -0.1) is 0 Å². The summed E-state index contributed by atoms with van der Waals surface area (Å²) in [6, 6.07) is 3.92. The number of hydrazine groups is 1. The molecule has 1 fully saturated rings. The maximum atomic E-state index is 12.5. The molecule has 3 amide bonds. The second kappa shape index (κ2) is 7.61. The summed E-state index contributed by atoms with van der Waals surface area (Å²) in [4.78, 5) is 28.9. The van der Waals surface area contributed by atoms with Crippen LogP contribution < -0.4 is 11.1 Å². The lowest BCUT2D eigenvalue weighted by atomic mass is 9.99. The summed E-state index contributed by atoms with van der Waals surface area (Å²) in [7, 11) is 0. The van der Waals surface area contributed by atoms with Crippen LogP contribution in [0.2, 0.25) is 5.15 Å². The molecule has 0 spiro atoms. The van der Waals surface area contributed by atoms with E-state index in [-0.39, 0.29) is 17.0 Å². The molecule has 1 aliphatic heterocycles. The Morgan fingerprint density at radius 3 is 2.74 bits per heavy atom. The molecule has 0 radical (unpaired) electrons. The molecule has 2 rings (SSSR count). The van der Waals surface area contributed by atoms with Crippen molar-refractivity contribution in [1.82, 2.24) is 15.0 Å². The van der Waals surface area contributed by atoms with Crippen molar-refractivity contribution in [2.75, 3.05) is 18.4 Å². The number of pyridine rings is 1. The number of hydrogen-bond acceptors (Lipinski definition) is 4. The Balaban J connectivity index is 2.06. The fraction of sp³-hybridized carbons (Fsp3) is 0.533. The van der Waals surface area contributed by atoms with E-state index in [0.29, 0.717) is 18.9 Å². The highest BCUT2D eigenvalue weighted by atomic mass is 35.5. The van der Waals surface area contributed by atoms with Gasteiger partial charge in [0.15, 0.2) is 0 Å². The maximum Gasteiger partial charge on any atom is 0.341 e. The van der Waals surface area contributed by atoms with E-state index < -0.39 is 12.1 Å². The Kier molecular flexibility index (Phi) is 5.79. The van der Waals surface area contributed by atoms with Gasteiger partial charge in [-0.05, 0) is 24.5 Å². The van der Waals surface area contributed by atoms with Crippen LogP contribution in [-0.4, -0.2) is 46.1 Å². The molecule has 0 bridgehead atoms. The average Bonchev–Trinajstić information content (AvgIpc) is 3.02. The number of nitrogens with one attached hydrogen (secondary N) is 1. The zero-order chi connectivity index (χ0) is 17.0. The van der Waals surface area contributed by atoms with E-state index in [9.17, 15) is 9.59 Å². The molecular weight excluding hydrogens is 318 g/mol. The molecule has 0 aromatic carbocycles. The smallest absolute Gasteiger partial charge is 0.320 e. The highest BCUT2D eigenvalue weighted by Crippen LogP contribution is 2.17. The Labute approximate surface area is 140 Å². The van der Waals surface area contributed by atoms with E-state index >= 15 is 0 Å². The van der Waals surface area contributed by atoms with Crippen molar-refractivity contribution in [1.29, 1.82) is 0 Å². The SMILES string of the molecule is CCC(C)C(N)C(=O)N1CCCN1C(=O)Nc1cccc(Cl)n1. The second-order valence-electron chi connectivity index (χ2n) is 5.63. The Hall–Kier alpha value is -1.86. The summed E-state index contributed by atoms with van der Waals surface area (Å²) in [6.45, 7) is 4.86. The molecule has 0 aliphatic carbocycles. The Morgan fingerprint density at radius 1 is 1.39 bits per heavy atom. The third-order valence-electron chi connectivity index (χ3n) is 4.01. The first-order valence-electron chi connectivity index (χ1n) is 7.72. The van der Waals surface area contributed by atoms with Crippen molar-refractivity contribution in [3.05, 3.63) is 23.4 Å². The van der Waals surface area contributed by atoms with Gasteiger partial charge in [-0.3, -0.25) is 10.1 Å². The highest BCUT2D eigenvalue weighted by Gasteiger charge is 2.34. The molecule has 2 unspecified atom stereocenters. The van der Waals surface area contributed by atoms with Gasteiger partial charge in [0.25, 0.3) is 5.91 Å². The highest BCUT2D eigenvalue weighted by molar-refractivity contribution is 6.29. The third-order valence-corrected chi connectivity index (χ3v) is 4.22. The van der Waals surface area contributed by atoms with Crippen LogP contribution in [0.3, 0.4) is 0 Å². The number of anilines is 1. The van der Waals surface area contributed by atoms with Crippen LogP contribution >= 0.6 is 11.6 Å². The van der Waals surface area contributed by atoms with Gasteiger partial charge < -0.3 is 5.73 Å². The number of carbonyl (C=O) groups is 2. The van der Waals surface area contributed by atoms with Crippen molar-refractivity contribution >= 4 is 29.4 Å². The fourth-order valence-corrected chi connectivity index (χ4v) is 2.54. The van der Waals surface area contributed by atoms with Crippen LogP contribution in [0.4, 0.5) is 10.6 Å². The van der Waals surface area contributed by atoms with Gasteiger partial charge in [0.05, 0.1) is 6.04 Å². The zero-order valence-corrected chi connectivity index (χ0v) is 14.1. The number of aromatic nitrogens is 1. The van der Waals surface area contributed by atoms with Gasteiger partial charge in [0, 0.05) is 13.1 Å². The lowest BCUT2D eigenvalue weighted by molar-refractivity contribution is -0.142. The van der Waals surface area contributed by atoms with Crippen molar-refractivity contribution < 1.29 is 9.59 Å². The maximum absolute atomic E-state index is 12.5. The van der Waals surface area contributed by atoms with Crippen molar-refractivity contribution in [2.45, 2.75) is 32.7 Å². The van der Waals surface area contributed by atoms with Crippen LogP contribution in [0, 0.1) is 5.92 Å². The minimum Gasteiger partial charge on any atom is -0.320 e. The molecular formula is C15H22ClN5O2. The first-order valence-corrected chi connectivity index (χ1v) is 8.09. The lowest BCUT2D eigenvalue weighted by Gasteiger charge is -2.31. The molecule has 0 saturated carbocycles. The quantitative estimate of drug-likeness (QED) is 0.822. The average molecular weight is 340 g/mol. The van der Waals surface area contributed by atoms with Crippen molar-refractivity contribution in [3.63, 3.8) is 0 Å². The molecule has 2 heterocycles. The number of amides is 3. The number of carbonyl (C=O) groups excluding carboxylic acids is 2. The van der Waals surface area contributed by atoms with Gasteiger partial charge in [-0.25, -0.2) is 19.8 Å². The summed E-state index contributed by atoms with van der Waals surface area (Å²) in [5, 5.41) is 5.75. The molecule has 23 heavy (non-hydrogen) atoms. The molecule has 126 valence electrons. The van der Waals surface area contributed by atoms with Crippen LogP contribution in [0.25, 0.3) is 0 Å². The van der Waals surface area contributed by atoms with E-state index in [4.69, 9.17) is 17.3 Å². The van der Waals surface area contributed by atoms with Crippen LogP contribution in [0.5, 0.6) is 0 Å². The molecule has 1 saturated heterocycles. The minimum atomic E-state index is -0.613. The van der Waals surface area contributed by atoms with Crippen LogP contribution in [0.1, 0.15) is 26.7 Å². The number of urea groups is 1. The first-order chi connectivity index (χ1) is 10.9. The van der Waals surface area contributed by atoms with Gasteiger partial charge in [-0.1, -0.05) is 37.9 Å². The molecule has 7 nitrogen and oxygen atoms in total. The number of rotatable bonds is 4. The number of nitrogens with two attached hydrogens (primary N) is 1.